The average Bonchev–Trinajstić information content (AvgIpc) is 3.07. The van der Waals surface area contributed by atoms with Gasteiger partial charge in [-0.1, -0.05) is 18.2 Å². The monoisotopic (exact) mass is 395 g/mol. The van der Waals surface area contributed by atoms with Gasteiger partial charge in [-0.05, 0) is 36.4 Å². The number of carbonyl (C=O) groups is 3. The van der Waals surface area contributed by atoms with Gasteiger partial charge >= 0.3 is 5.97 Å². The summed E-state index contributed by atoms with van der Waals surface area (Å²) >= 11 is 1.46. The summed E-state index contributed by atoms with van der Waals surface area (Å²) in [7, 11) is 0. The highest BCUT2D eigenvalue weighted by molar-refractivity contribution is 7.19. The Bertz CT molecular complexity index is 1030. The number of aromatic nitrogens is 1. The van der Waals surface area contributed by atoms with Crippen LogP contribution in [0.3, 0.4) is 0 Å². The fourth-order valence-electron chi connectivity index (χ4n) is 2.36. The molecule has 0 saturated carbocycles. The number of thiazole rings is 1. The summed E-state index contributed by atoms with van der Waals surface area (Å²) in [5.41, 5.74) is 1.90. The predicted molar refractivity (Wildman–Crippen MR) is 109 cm³/mol. The van der Waals surface area contributed by atoms with Crippen LogP contribution in [0.15, 0.2) is 54.6 Å². The molecule has 1 heterocycles. The van der Waals surface area contributed by atoms with Gasteiger partial charge in [0.15, 0.2) is 6.61 Å². The van der Waals surface area contributed by atoms with Crippen LogP contribution >= 0.6 is 11.3 Å². The number of benzene rings is 2. The van der Waals surface area contributed by atoms with Crippen LogP contribution < -0.4 is 10.6 Å². The molecule has 8 heteroatoms. The number of nitrogens with one attached hydrogen (secondary N) is 2. The number of nitrogens with zero attached hydrogens (tertiary/aromatic N) is 1. The van der Waals surface area contributed by atoms with Crippen molar-refractivity contribution < 1.29 is 19.1 Å². The minimum absolute atomic E-state index is 0.211. The van der Waals surface area contributed by atoms with Crippen molar-refractivity contribution in [2.24, 2.45) is 0 Å². The largest absolute Gasteiger partial charge is 0.452 e. The van der Waals surface area contributed by atoms with Gasteiger partial charge in [0.25, 0.3) is 5.91 Å². The summed E-state index contributed by atoms with van der Waals surface area (Å²) in [6.07, 6.45) is 2.80. The zero-order valence-electron chi connectivity index (χ0n) is 15.0. The number of carbonyl (C=O) groups excluding carboxylic acids is 3. The number of esters is 1. The Kier molecular flexibility index (Phi) is 6.13. The number of hydrogen-bond acceptors (Lipinski definition) is 6. The number of ether oxygens (including phenoxy) is 1. The molecular formula is C20H17N3O4S. The molecule has 7 nitrogen and oxygen atoms in total. The van der Waals surface area contributed by atoms with E-state index in [4.69, 9.17) is 4.74 Å². The van der Waals surface area contributed by atoms with Gasteiger partial charge in [0.05, 0.1) is 10.2 Å². The fourth-order valence-corrected chi connectivity index (χ4v) is 3.23. The fraction of sp³-hybridized carbons (Fsp3) is 0.100. The van der Waals surface area contributed by atoms with Crippen LogP contribution in [0.25, 0.3) is 16.3 Å². The van der Waals surface area contributed by atoms with E-state index in [0.717, 1.165) is 10.2 Å². The lowest BCUT2D eigenvalue weighted by Crippen LogP contribution is -2.20. The summed E-state index contributed by atoms with van der Waals surface area (Å²) < 4.78 is 5.96. The maximum atomic E-state index is 11.9. The summed E-state index contributed by atoms with van der Waals surface area (Å²) in [6.45, 7) is 0.972. The smallest absolute Gasteiger partial charge is 0.331 e. The van der Waals surface area contributed by atoms with Crippen molar-refractivity contribution in [1.82, 2.24) is 4.98 Å². The Morgan fingerprint density at radius 1 is 1.07 bits per heavy atom. The summed E-state index contributed by atoms with van der Waals surface area (Å²) in [6, 6.07) is 14.3. The third kappa shape index (κ3) is 5.49. The Morgan fingerprint density at radius 3 is 2.57 bits per heavy atom. The molecule has 3 rings (SSSR count). The van der Waals surface area contributed by atoms with Gasteiger partial charge in [-0.2, -0.15) is 0 Å². The molecule has 1 aromatic heterocycles. The van der Waals surface area contributed by atoms with Crippen molar-refractivity contribution in [1.29, 1.82) is 0 Å². The van der Waals surface area contributed by atoms with Crippen molar-refractivity contribution in [3.05, 3.63) is 59.6 Å². The molecule has 0 aliphatic rings. The molecule has 2 N–H and O–H groups in total. The highest BCUT2D eigenvalue weighted by Crippen LogP contribution is 2.22. The number of rotatable bonds is 6. The second kappa shape index (κ2) is 8.92. The number of amides is 2. The van der Waals surface area contributed by atoms with Crippen LogP contribution in [0.1, 0.15) is 11.9 Å². The van der Waals surface area contributed by atoms with Gasteiger partial charge in [-0.25, -0.2) is 9.78 Å². The highest BCUT2D eigenvalue weighted by Gasteiger charge is 2.07. The molecule has 28 heavy (non-hydrogen) atoms. The van der Waals surface area contributed by atoms with Crippen molar-refractivity contribution >= 4 is 56.8 Å². The topological polar surface area (TPSA) is 97.4 Å². The lowest BCUT2D eigenvalue weighted by molar-refractivity contribution is -0.142. The van der Waals surface area contributed by atoms with Crippen molar-refractivity contribution in [3.8, 4) is 0 Å². The predicted octanol–water partition coefficient (Wildman–Crippen LogP) is 3.45. The maximum absolute atomic E-state index is 11.9. The molecule has 2 aromatic carbocycles. The summed E-state index contributed by atoms with van der Waals surface area (Å²) in [4.78, 5) is 39.2. The first-order valence-electron chi connectivity index (χ1n) is 8.37. The number of anilines is 2. The van der Waals surface area contributed by atoms with E-state index in [0.29, 0.717) is 16.4 Å². The Morgan fingerprint density at radius 2 is 1.82 bits per heavy atom. The minimum atomic E-state index is -0.638. The van der Waals surface area contributed by atoms with Crippen LogP contribution in [-0.4, -0.2) is 29.4 Å². The maximum Gasteiger partial charge on any atom is 0.331 e. The third-order valence-electron chi connectivity index (χ3n) is 3.48. The van der Waals surface area contributed by atoms with E-state index < -0.39 is 18.5 Å². The molecule has 0 radical (unpaired) electrons. The minimum Gasteiger partial charge on any atom is -0.452 e. The van der Waals surface area contributed by atoms with E-state index in [2.05, 4.69) is 15.6 Å². The first kappa shape index (κ1) is 19.2. The Labute approximate surface area is 165 Å². The summed E-state index contributed by atoms with van der Waals surface area (Å²) in [5.74, 6) is -1.33. The van der Waals surface area contributed by atoms with E-state index >= 15 is 0 Å². The van der Waals surface area contributed by atoms with Crippen molar-refractivity contribution in [3.63, 3.8) is 0 Å². The molecule has 3 aromatic rings. The van der Waals surface area contributed by atoms with Crippen LogP contribution in [0.5, 0.6) is 0 Å². The van der Waals surface area contributed by atoms with Gasteiger partial charge < -0.3 is 15.4 Å². The van der Waals surface area contributed by atoms with E-state index in [-0.39, 0.29) is 5.91 Å². The van der Waals surface area contributed by atoms with E-state index in [1.807, 2.05) is 24.3 Å². The first-order valence-corrected chi connectivity index (χ1v) is 9.19. The molecular weight excluding hydrogens is 378 g/mol. The van der Waals surface area contributed by atoms with Crippen LogP contribution in [0, 0.1) is 0 Å². The van der Waals surface area contributed by atoms with Crippen molar-refractivity contribution in [2.75, 3.05) is 17.2 Å². The van der Waals surface area contributed by atoms with Gasteiger partial charge in [0.2, 0.25) is 5.91 Å². The van der Waals surface area contributed by atoms with E-state index in [9.17, 15) is 14.4 Å². The van der Waals surface area contributed by atoms with Gasteiger partial charge in [-0.3, -0.25) is 9.59 Å². The second-order valence-electron chi connectivity index (χ2n) is 5.77. The molecule has 0 spiro atoms. The first-order chi connectivity index (χ1) is 13.5. The van der Waals surface area contributed by atoms with Gasteiger partial charge in [0, 0.05) is 24.4 Å². The molecule has 142 valence electrons. The van der Waals surface area contributed by atoms with Gasteiger partial charge in [-0.15, -0.1) is 11.3 Å². The lowest BCUT2D eigenvalue weighted by Gasteiger charge is -2.07. The number of para-hydroxylation sites is 1. The van der Waals surface area contributed by atoms with E-state index in [1.54, 1.807) is 30.3 Å². The van der Waals surface area contributed by atoms with Crippen LogP contribution in [0.4, 0.5) is 11.4 Å². The molecule has 0 fully saturated rings. The van der Waals surface area contributed by atoms with Crippen LogP contribution in [0.2, 0.25) is 0 Å². The summed E-state index contributed by atoms with van der Waals surface area (Å²) in [5, 5.41) is 5.90. The zero-order chi connectivity index (χ0) is 19.9. The molecule has 0 aliphatic heterocycles. The van der Waals surface area contributed by atoms with E-state index in [1.165, 1.54) is 24.3 Å². The lowest BCUT2D eigenvalue weighted by atomic mass is 10.2. The number of fused-ring (bicyclic) bond motifs is 1. The molecule has 0 aliphatic carbocycles. The quantitative estimate of drug-likeness (QED) is 0.492. The molecule has 0 unspecified atom stereocenters. The molecule has 2 amide bonds. The highest BCUT2D eigenvalue weighted by atomic mass is 32.1. The molecule has 0 bridgehead atoms. The second-order valence-corrected chi connectivity index (χ2v) is 6.83. The Hall–Kier alpha value is -3.52. The molecule has 0 atom stereocenters. The zero-order valence-corrected chi connectivity index (χ0v) is 15.8. The van der Waals surface area contributed by atoms with Crippen molar-refractivity contribution in [2.45, 2.75) is 6.92 Å². The average molecular weight is 395 g/mol. The standard InChI is InChI=1S/C20H17N3O4S/c1-13(24)21-14-5-4-6-15(11-14)22-18(25)12-27-20(26)10-9-19-23-16-7-2-3-8-17(16)28-19/h2-11H,12H2,1H3,(H,21,24)(H,22,25)/b10-9+. The van der Waals surface area contributed by atoms with Crippen LogP contribution in [-0.2, 0) is 19.1 Å². The SMILES string of the molecule is CC(=O)Nc1cccc(NC(=O)COC(=O)/C=C/c2nc3ccccc3s2)c1. The Balaban J connectivity index is 1.50. The van der Waals surface area contributed by atoms with Gasteiger partial charge in [0.1, 0.15) is 5.01 Å². The number of hydrogen-bond donors (Lipinski definition) is 2. The normalized spacial score (nSPS) is 10.8. The molecule has 0 saturated heterocycles. The third-order valence-corrected chi connectivity index (χ3v) is 4.49.